The van der Waals surface area contributed by atoms with Crippen LogP contribution in [0.4, 0.5) is 0 Å². The van der Waals surface area contributed by atoms with Gasteiger partial charge >= 0.3 is 0 Å². The number of aliphatic imine (C=N–C) groups is 1. The second kappa shape index (κ2) is 4.35. The molecule has 0 bridgehead atoms. The van der Waals surface area contributed by atoms with Gasteiger partial charge in [-0.25, -0.2) is 4.79 Å². The Hall–Kier alpha value is -1.93. The molecule has 14 heavy (non-hydrogen) atoms. The van der Waals surface area contributed by atoms with Crippen molar-refractivity contribution in [2.75, 3.05) is 7.11 Å². The summed E-state index contributed by atoms with van der Waals surface area (Å²) in [6.07, 6.45) is 1.22. The number of ether oxygens (including phenoxy) is 1. The van der Waals surface area contributed by atoms with Crippen molar-refractivity contribution in [2.45, 2.75) is 6.92 Å². The zero-order valence-corrected chi connectivity index (χ0v) is 7.90. The fourth-order valence-electron chi connectivity index (χ4n) is 1.17. The van der Waals surface area contributed by atoms with E-state index >= 15 is 0 Å². The molecule has 0 saturated heterocycles. The number of carbonyl (C=O) groups is 1. The van der Waals surface area contributed by atoms with Gasteiger partial charge in [0.2, 0.25) is 6.08 Å². The predicted molar refractivity (Wildman–Crippen MR) is 50.2 cm³/mol. The van der Waals surface area contributed by atoms with Gasteiger partial charge in [0, 0.05) is 11.1 Å². The van der Waals surface area contributed by atoms with Crippen LogP contribution in [-0.4, -0.2) is 19.1 Å². The summed E-state index contributed by atoms with van der Waals surface area (Å²) in [4.78, 5) is 24.2. The molecule has 0 N–H and O–H groups in total. The van der Waals surface area contributed by atoms with Crippen LogP contribution in [0.1, 0.15) is 15.9 Å². The van der Waals surface area contributed by atoms with Crippen LogP contribution in [0.25, 0.3) is 0 Å². The average Bonchev–Trinajstić information content (AvgIpc) is 2.18. The molecule has 0 aliphatic carbocycles. The van der Waals surface area contributed by atoms with Gasteiger partial charge in [0.25, 0.3) is 5.91 Å². The molecule has 4 nitrogen and oxygen atoms in total. The van der Waals surface area contributed by atoms with Crippen molar-refractivity contribution in [3.05, 3.63) is 29.3 Å². The summed E-state index contributed by atoms with van der Waals surface area (Å²) in [5, 5.41) is 0. The Morgan fingerprint density at radius 1 is 1.50 bits per heavy atom. The van der Waals surface area contributed by atoms with Gasteiger partial charge in [-0.05, 0) is 19.1 Å². The lowest BCUT2D eigenvalue weighted by Gasteiger charge is -2.06. The molecule has 0 heterocycles. The molecule has 1 aromatic rings. The molecule has 0 fully saturated rings. The van der Waals surface area contributed by atoms with Gasteiger partial charge in [0.1, 0.15) is 5.75 Å². The average molecular weight is 191 g/mol. The minimum Gasteiger partial charge on any atom is -0.496 e. The first kappa shape index (κ1) is 10.2. The molecule has 0 unspecified atom stereocenters. The highest BCUT2D eigenvalue weighted by molar-refractivity contribution is 5.99. The molecule has 0 radical (unpaired) electrons. The molecular weight excluding hydrogens is 182 g/mol. The van der Waals surface area contributed by atoms with E-state index < -0.39 is 5.91 Å². The SMILES string of the molecule is COc1cccc(C(=O)N=C=O)c1C. The number of carbonyl (C=O) groups excluding carboxylic acids is 2. The van der Waals surface area contributed by atoms with E-state index in [0.29, 0.717) is 16.9 Å². The second-order valence-electron chi connectivity index (χ2n) is 2.64. The highest BCUT2D eigenvalue weighted by Gasteiger charge is 2.10. The molecule has 0 aliphatic heterocycles. The zero-order valence-electron chi connectivity index (χ0n) is 7.90. The number of amides is 1. The van der Waals surface area contributed by atoms with E-state index in [9.17, 15) is 9.59 Å². The first-order valence-electron chi connectivity index (χ1n) is 3.96. The summed E-state index contributed by atoms with van der Waals surface area (Å²) >= 11 is 0. The lowest BCUT2D eigenvalue weighted by atomic mass is 10.1. The summed E-state index contributed by atoms with van der Waals surface area (Å²) in [6.45, 7) is 1.73. The quantitative estimate of drug-likeness (QED) is 0.525. The summed E-state index contributed by atoms with van der Waals surface area (Å²) in [5.41, 5.74) is 1.02. The number of rotatable bonds is 2. The van der Waals surface area contributed by atoms with Gasteiger partial charge in [-0.2, -0.15) is 0 Å². The predicted octanol–water partition coefficient (Wildman–Crippen LogP) is 1.48. The van der Waals surface area contributed by atoms with Gasteiger partial charge < -0.3 is 4.74 Å². The number of hydrogen-bond acceptors (Lipinski definition) is 3. The molecule has 4 heteroatoms. The van der Waals surface area contributed by atoms with Crippen LogP contribution in [0.2, 0.25) is 0 Å². The normalized spacial score (nSPS) is 9.00. The third kappa shape index (κ3) is 1.87. The van der Waals surface area contributed by atoms with Crippen molar-refractivity contribution >= 4 is 12.0 Å². The molecule has 0 atom stereocenters. The third-order valence-corrected chi connectivity index (χ3v) is 1.88. The third-order valence-electron chi connectivity index (χ3n) is 1.88. The summed E-state index contributed by atoms with van der Waals surface area (Å²) in [5.74, 6) is -0.00616. The Bertz CT molecular complexity index is 406. The van der Waals surface area contributed by atoms with Crippen LogP contribution < -0.4 is 4.74 Å². The monoisotopic (exact) mass is 191 g/mol. The van der Waals surface area contributed by atoms with E-state index in [0.717, 1.165) is 0 Å². The summed E-state index contributed by atoms with van der Waals surface area (Å²) in [6, 6.07) is 4.98. The number of methoxy groups -OCH3 is 1. The van der Waals surface area contributed by atoms with Gasteiger partial charge in [-0.3, -0.25) is 4.79 Å². The van der Waals surface area contributed by atoms with Crippen LogP contribution in [0.3, 0.4) is 0 Å². The van der Waals surface area contributed by atoms with E-state index in [4.69, 9.17) is 4.74 Å². The molecule has 72 valence electrons. The molecule has 1 aromatic carbocycles. The zero-order chi connectivity index (χ0) is 10.6. The van der Waals surface area contributed by atoms with Crippen LogP contribution >= 0.6 is 0 Å². The Kier molecular flexibility index (Phi) is 3.15. The van der Waals surface area contributed by atoms with E-state index in [-0.39, 0.29) is 0 Å². The van der Waals surface area contributed by atoms with Crippen molar-refractivity contribution in [1.29, 1.82) is 0 Å². The summed E-state index contributed by atoms with van der Waals surface area (Å²) in [7, 11) is 1.51. The maximum absolute atomic E-state index is 11.2. The fraction of sp³-hybridized carbons (Fsp3) is 0.200. The van der Waals surface area contributed by atoms with Crippen LogP contribution in [0.15, 0.2) is 23.2 Å². The van der Waals surface area contributed by atoms with E-state index in [2.05, 4.69) is 4.99 Å². The number of isocyanates is 1. The Morgan fingerprint density at radius 3 is 2.79 bits per heavy atom. The smallest absolute Gasteiger partial charge is 0.288 e. The van der Waals surface area contributed by atoms with Crippen molar-refractivity contribution in [3.8, 4) is 5.75 Å². The molecule has 1 rings (SSSR count). The maximum atomic E-state index is 11.2. The Balaban J connectivity index is 3.22. The number of benzene rings is 1. The highest BCUT2D eigenvalue weighted by Crippen LogP contribution is 2.21. The molecule has 0 aliphatic rings. The lowest BCUT2D eigenvalue weighted by Crippen LogP contribution is -1.99. The Labute approximate surface area is 81.2 Å². The first-order chi connectivity index (χ1) is 6.70. The van der Waals surface area contributed by atoms with Crippen molar-refractivity contribution in [2.24, 2.45) is 4.99 Å². The number of hydrogen-bond donors (Lipinski definition) is 0. The molecular formula is C10H9NO3. The second-order valence-corrected chi connectivity index (χ2v) is 2.64. The van der Waals surface area contributed by atoms with Crippen LogP contribution in [0.5, 0.6) is 5.75 Å². The summed E-state index contributed by atoms with van der Waals surface area (Å²) < 4.78 is 5.02. The van der Waals surface area contributed by atoms with Crippen molar-refractivity contribution in [3.63, 3.8) is 0 Å². The lowest BCUT2D eigenvalue weighted by molar-refractivity contribution is 0.100. The van der Waals surface area contributed by atoms with E-state index in [1.54, 1.807) is 25.1 Å². The van der Waals surface area contributed by atoms with Crippen molar-refractivity contribution in [1.82, 2.24) is 0 Å². The van der Waals surface area contributed by atoms with Crippen LogP contribution in [0, 0.1) is 6.92 Å². The minimum absolute atomic E-state index is 0.354. The van der Waals surface area contributed by atoms with Crippen molar-refractivity contribution < 1.29 is 14.3 Å². The molecule has 0 spiro atoms. The van der Waals surface area contributed by atoms with Gasteiger partial charge in [0.15, 0.2) is 0 Å². The Morgan fingerprint density at radius 2 is 2.21 bits per heavy atom. The fourth-order valence-corrected chi connectivity index (χ4v) is 1.17. The van der Waals surface area contributed by atoms with Gasteiger partial charge in [-0.15, -0.1) is 4.99 Å². The van der Waals surface area contributed by atoms with Crippen LogP contribution in [-0.2, 0) is 4.79 Å². The van der Waals surface area contributed by atoms with E-state index in [1.807, 2.05) is 0 Å². The maximum Gasteiger partial charge on any atom is 0.288 e. The van der Waals surface area contributed by atoms with Gasteiger partial charge in [-0.1, -0.05) is 6.07 Å². The molecule has 1 amide bonds. The molecule has 0 aromatic heterocycles. The topological polar surface area (TPSA) is 55.7 Å². The van der Waals surface area contributed by atoms with Gasteiger partial charge in [0.05, 0.1) is 7.11 Å². The highest BCUT2D eigenvalue weighted by atomic mass is 16.5. The molecule has 0 saturated carbocycles. The number of nitrogens with zero attached hydrogens (tertiary/aromatic N) is 1. The largest absolute Gasteiger partial charge is 0.496 e. The minimum atomic E-state index is -0.601. The first-order valence-corrected chi connectivity index (χ1v) is 3.96. The standard InChI is InChI=1S/C10H9NO3/c1-7-8(10(13)11-6-12)4-3-5-9(7)14-2/h3-5H,1-2H3. The van der Waals surface area contributed by atoms with E-state index in [1.165, 1.54) is 13.2 Å².